The number of likely N-dealkylation sites (tertiary alicyclic amines) is 1. The van der Waals surface area contributed by atoms with Crippen molar-refractivity contribution in [3.05, 3.63) is 66.2 Å². The molecule has 4 heterocycles. The van der Waals surface area contributed by atoms with Crippen LogP contribution in [-0.4, -0.2) is 61.9 Å². The number of aromatic nitrogens is 5. The zero-order valence-corrected chi connectivity index (χ0v) is 18.8. The number of rotatable bonds is 6. The number of ketones is 1. The Morgan fingerprint density at radius 1 is 1.06 bits per heavy atom. The van der Waals surface area contributed by atoms with Gasteiger partial charge in [0.2, 0.25) is 5.88 Å². The van der Waals surface area contributed by atoms with Gasteiger partial charge in [-0.05, 0) is 49.7 Å². The van der Waals surface area contributed by atoms with E-state index in [1.807, 2.05) is 37.6 Å². The zero-order valence-electron chi connectivity index (χ0n) is 18.8. The van der Waals surface area contributed by atoms with Gasteiger partial charge in [-0.15, -0.1) is 0 Å². The maximum absolute atomic E-state index is 13.0. The number of hydrogen-bond donors (Lipinski definition) is 0. The highest BCUT2D eigenvalue weighted by Crippen LogP contribution is 2.24. The van der Waals surface area contributed by atoms with Crippen molar-refractivity contribution in [2.45, 2.75) is 25.4 Å². The molecule has 0 bridgehead atoms. The molecule has 33 heavy (non-hydrogen) atoms. The third-order valence-electron chi connectivity index (χ3n) is 6.03. The number of aryl methyl sites for hydroxylation is 1. The Kier molecular flexibility index (Phi) is 5.83. The van der Waals surface area contributed by atoms with E-state index in [9.17, 15) is 4.79 Å². The van der Waals surface area contributed by atoms with Gasteiger partial charge in [0.1, 0.15) is 6.10 Å². The Balaban J connectivity index is 1.31. The van der Waals surface area contributed by atoms with E-state index >= 15 is 0 Å². The summed E-state index contributed by atoms with van der Waals surface area (Å²) in [7, 11) is 4.01. The summed E-state index contributed by atoms with van der Waals surface area (Å²) in [4.78, 5) is 19.5. The molecule has 168 valence electrons. The molecule has 5 rings (SSSR count). The lowest BCUT2D eigenvalue weighted by molar-refractivity contribution is 0.0985. The Morgan fingerprint density at radius 3 is 2.70 bits per heavy atom. The smallest absolute Gasteiger partial charge is 0.214 e. The van der Waals surface area contributed by atoms with Crippen LogP contribution in [0, 0.1) is 0 Å². The number of nitrogens with zero attached hydrogens (tertiary/aromatic N) is 6. The van der Waals surface area contributed by atoms with Gasteiger partial charge in [-0.25, -0.2) is 4.98 Å². The molecule has 0 saturated carbocycles. The monoisotopic (exact) mass is 442 g/mol. The lowest BCUT2D eigenvalue weighted by atomic mass is 10.0. The van der Waals surface area contributed by atoms with E-state index in [2.05, 4.69) is 38.3 Å². The van der Waals surface area contributed by atoms with Crippen molar-refractivity contribution in [2.75, 3.05) is 20.1 Å². The maximum Gasteiger partial charge on any atom is 0.214 e. The number of carbonyl (C=O) groups excluding carboxylic acids is 1. The zero-order chi connectivity index (χ0) is 22.8. The minimum absolute atomic E-state index is 0.0392. The molecule has 0 spiro atoms. The minimum Gasteiger partial charge on any atom is -0.474 e. The van der Waals surface area contributed by atoms with E-state index in [0.29, 0.717) is 17.1 Å². The van der Waals surface area contributed by atoms with E-state index in [4.69, 9.17) is 4.74 Å². The molecular weight excluding hydrogens is 416 g/mol. The van der Waals surface area contributed by atoms with Crippen LogP contribution in [0.1, 0.15) is 28.9 Å². The molecule has 1 aliphatic heterocycles. The van der Waals surface area contributed by atoms with Gasteiger partial charge in [0, 0.05) is 55.1 Å². The fourth-order valence-corrected chi connectivity index (χ4v) is 4.11. The van der Waals surface area contributed by atoms with E-state index in [0.717, 1.165) is 48.0 Å². The summed E-state index contributed by atoms with van der Waals surface area (Å²) in [5.41, 5.74) is 4.06. The first-order chi connectivity index (χ1) is 16.0. The molecule has 0 radical (unpaired) electrons. The number of hydrogen-bond acceptors (Lipinski definition) is 7. The number of fused-ring (bicyclic) bond motifs is 1. The highest BCUT2D eigenvalue weighted by atomic mass is 16.5. The Hall–Kier alpha value is -3.65. The number of carbonyl (C=O) groups is 1. The van der Waals surface area contributed by atoms with Gasteiger partial charge in [0.25, 0.3) is 0 Å². The van der Waals surface area contributed by atoms with Gasteiger partial charge in [-0.3, -0.25) is 9.48 Å². The van der Waals surface area contributed by atoms with Crippen molar-refractivity contribution in [2.24, 2.45) is 7.05 Å². The Morgan fingerprint density at radius 2 is 1.91 bits per heavy atom. The predicted molar refractivity (Wildman–Crippen MR) is 125 cm³/mol. The van der Waals surface area contributed by atoms with Crippen molar-refractivity contribution in [1.82, 2.24) is 29.9 Å². The molecule has 1 aliphatic rings. The van der Waals surface area contributed by atoms with Gasteiger partial charge in [-0.2, -0.15) is 15.3 Å². The third-order valence-corrected chi connectivity index (χ3v) is 6.03. The molecule has 0 amide bonds. The molecule has 1 saturated heterocycles. The Labute approximate surface area is 192 Å². The Bertz CT molecular complexity index is 1290. The molecule has 0 unspecified atom stereocenters. The molecule has 1 aromatic carbocycles. The molecular formula is C25H26N6O2. The van der Waals surface area contributed by atoms with Crippen LogP contribution in [-0.2, 0) is 13.5 Å². The SMILES string of the molecule is CN1CCC(Oc2cc(C(=O)Cc3cc4cc(-c5cnn(C)c5)ccc4nn3)ccn2)CC1. The molecule has 3 aromatic heterocycles. The number of Topliss-reactive ketones (excluding diaryl/α,β-unsaturated/α-hetero) is 1. The second-order valence-corrected chi connectivity index (χ2v) is 8.62. The van der Waals surface area contributed by atoms with E-state index in [1.54, 1.807) is 23.0 Å². The minimum atomic E-state index is -0.0392. The van der Waals surface area contributed by atoms with Crippen LogP contribution in [0.15, 0.2) is 55.0 Å². The van der Waals surface area contributed by atoms with Gasteiger partial charge >= 0.3 is 0 Å². The molecule has 1 fully saturated rings. The first kappa shape index (κ1) is 21.2. The molecule has 4 aromatic rings. The van der Waals surface area contributed by atoms with Crippen LogP contribution >= 0.6 is 0 Å². The molecule has 0 aliphatic carbocycles. The first-order valence-corrected chi connectivity index (χ1v) is 11.1. The van der Waals surface area contributed by atoms with Crippen LogP contribution in [0.2, 0.25) is 0 Å². The molecule has 8 heteroatoms. The average molecular weight is 443 g/mol. The number of benzene rings is 1. The van der Waals surface area contributed by atoms with Gasteiger partial charge in [0.05, 0.1) is 23.8 Å². The molecule has 8 nitrogen and oxygen atoms in total. The van der Waals surface area contributed by atoms with E-state index in [1.165, 1.54) is 0 Å². The van der Waals surface area contributed by atoms with Crippen LogP contribution < -0.4 is 4.74 Å². The van der Waals surface area contributed by atoms with Gasteiger partial charge in [0.15, 0.2) is 5.78 Å². The first-order valence-electron chi connectivity index (χ1n) is 11.1. The third kappa shape index (κ3) is 4.90. The van der Waals surface area contributed by atoms with E-state index in [-0.39, 0.29) is 18.3 Å². The summed E-state index contributed by atoms with van der Waals surface area (Å²) in [5, 5.41) is 13.7. The highest BCUT2D eigenvalue weighted by molar-refractivity contribution is 5.97. The fourth-order valence-electron chi connectivity index (χ4n) is 4.11. The standard InChI is InChI=1S/C25H26N6O2/c1-30-9-6-22(7-10-30)33-25-13-18(5-8-26-25)24(32)14-21-12-19-11-17(3-4-23(19)29-28-21)20-15-27-31(2)16-20/h3-5,8,11-13,15-16,22H,6-7,9-10,14H2,1-2H3. The number of piperidine rings is 1. The summed E-state index contributed by atoms with van der Waals surface area (Å²) >= 11 is 0. The van der Waals surface area contributed by atoms with Crippen molar-refractivity contribution in [1.29, 1.82) is 0 Å². The van der Waals surface area contributed by atoms with Crippen LogP contribution in [0.25, 0.3) is 22.0 Å². The topological polar surface area (TPSA) is 86.0 Å². The van der Waals surface area contributed by atoms with Crippen molar-refractivity contribution in [3.8, 4) is 17.0 Å². The predicted octanol–water partition coefficient (Wildman–Crippen LogP) is 3.32. The fraction of sp³-hybridized carbons (Fsp3) is 0.320. The highest BCUT2D eigenvalue weighted by Gasteiger charge is 2.19. The molecule has 0 N–H and O–H groups in total. The number of ether oxygens (including phenoxy) is 1. The second-order valence-electron chi connectivity index (χ2n) is 8.62. The summed E-state index contributed by atoms with van der Waals surface area (Å²) in [6, 6.07) is 11.4. The maximum atomic E-state index is 13.0. The number of pyridine rings is 1. The lowest BCUT2D eigenvalue weighted by Gasteiger charge is -2.28. The summed E-state index contributed by atoms with van der Waals surface area (Å²) in [5.74, 6) is 0.462. The van der Waals surface area contributed by atoms with Crippen molar-refractivity contribution >= 4 is 16.7 Å². The normalized spacial score (nSPS) is 15.1. The lowest BCUT2D eigenvalue weighted by Crippen LogP contribution is -2.35. The summed E-state index contributed by atoms with van der Waals surface area (Å²) in [6.07, 6.45) is 7.65. The summed E-state index contributed by atoms with van der Waals surface area (Å²) < 4.78 is 7.81. The quantitative estimate of drug-likeness (QED) is 0.423. The van der Waals surface area contributed by atoms with E-state index < -0.39 is 0 Å². The van der Waals surface area contributed by atoms with Crippen LogP contribution in [0.4, 0.5) is 0 Å². The van der Waals surface area contributed by atoms with Gasteiger partial charge < -0.3 is 9.64 Å². The summed E-state index contributed by atoms with van der Waals surface area (Å²) in [6.45, 7) is 2.01. The van der Waals surface area contributed by atoms with Crippen LogP contribution in [0.5, 0.6) is 5.88 Å². The van der Waals surface area contributed by atoms with Crippen LogP contribution in [0.3, 0.4) is 0 Å². The van der Waals surface area contributed by atoms with Crippen molar-refractivity contribution in [3.63, 3.8) is 0 Å². The largest absolute Gasteiger partial charge is 0.474 e. The average Bonchev–Trinajstić information content (AvgIpc) is 3.26. The molecule has 0 atom stereocenters. The second kappa shape index (κ2) is 9.07. The van der Waals surface area contributed by atoms with Crippen molar-refractivity contribution < 1.29 is 9.53 Å². The van der Waals surface area contributed by atoms with Gasteiger partial charge in [-0.1, -0.05) is 6.07 Å².